The standard InChI is InChI=1S/C21H23NO4/c1-24-16-11-19(25-2)21-17(23)13-18(26-20(21)12-16)15-8-6-14(7-9-15)5-3-4-10-22/h6-9,11-13H,3-5,10,22H2,1-2H3. The van der Waals surface area contributed by atoms with Gasteiger partial charge < -0.3 is 19.6 Å². The van der Waals surface area contributed by atoms with Crippen LogP contribution in [0.25, 0.3) is 22.3 Å². The second-order valence-electron chi connectivity index (χ2n) is 6.12. The average molecular weight is 353 g/mol. The summed E-state index contributed by atoms with van der Waals surface area (Å²) in [5.41, 5.74) is 7.93. The predicted molar refractivity (Wildman–Crippen MR) is 103 cm³/mol. The Balaban J connectivity index is 1.99. The van der Waals surface area contributed by atoms with Crippen LogP contribution in [0.15, 0.2) is 51.7 Å². The van der Waals surface area contributed by atoms with Gasteiger partial charge in [0.05, 0.1) is 14.2 Å². The Bertz CT molecular complexity index is 945. The van der Waals surface area contributed by atoms with E-state index in [4.69, 9.17) is 19.6 Å². The van der Waals surface area contributed by atoms with E-state index in [1.807, 2.05) is 12.1 Å². The summed E-state index contributed by atoms with van der Waals surface area (Å²) in [4.78, 5) is 12.6. The number of benzene rings is 2. The zero-order valence-electron chi connectivity index (χ0n) is 15.1. The molecule has 3 aromatic rings. The summed E-state index contributed by atoms with van der Waals surface area (Å²) >= 11 is 0. The summed E-state index contributed by atoms with van der Waals surface area (Å²) in [5.74, 6) is 1.53. The van der Waals surface area contributed by atoms with Crippen molar-refractivity contribution in [3.8, 4) is 22.8 Å². The van der Waals surface area contributed by atoms with E-state index < -0.39 is 0 Å². The minimum absolute atomic E-state index is 0.146. The molecule has 0 spiro atoms. The number of methoxy groups -OCH3 is 2. The first kappa shape index (κ1) is 18.0. The SMILES string of the molecule is COc1cc(OC)c2c(=O)cc(-c3ccc(CCCCN)cc3)oc2c1. The molecule has 0 aliphatic heterocycles. The van der Waals surface area contributed by atoms with Crippen molar-refractivity contribution in [3.63, 3.8) is 0 Å². The van der Waals surface area contributed by atoms with Crippen molar-refractivity contribution < 1.29 is 13.9 Å². The molecule has 26 heavy (non-hydrogen) atoms. The molecule has 1 aromatic heterocycles. The third-order valence-electron chi connectivity index (χ3n) is 4.38. The first-order chi connectivity index (χ1) is 12.7. The minimum atomic E-state index is -0.146. The zero-order valence-corrected chi connectivity index (χ0v) is 15.1. The summed E-state index contributed by atoms with van der Waals surface area (Å²) in [7, 11) is 3.08. The summed E-state index contributed by atoms with van der Waals surface area (Å²) in [6, 6.07) is 12.9. The highest BCUT2D eigenvalue weighted by molar-refractivity contribution is 5.86. The van der Waals surface area contributed by atoms with Gasteiger partial charge in [-0.1, -0.05) is 24.3 Å². The van der Waals surface area contributed by atoms with Gasteiger partial charge in [-0.25, -0.2) is 0 Å². The number of ether oxygens (including phenoxy) is 2. The summed E-state index contributed by atoms with van der Waals surface area (Å²) in [6.45, 7) is 0.716. The number of fused-ring (bicyclic) bond motifs is 1. The number of rotatable bonds is 7. The van der Waals surface area contributed by atoms with Gasteiger partial charge in [0.1, 0.15) is 28.2 Å². The van der Waals surface area contributed by atoms with Gasteiger partial charge in [-0.3, -0.25) is 4.79 Å². The lowest BCUT2D eigenvalue weighted by molar-refractivity contribution is 0.396. The quantitative estimate of drug-likeness (QED) is 0.655. The van der Waals surface area contributed by atoms with E-state index in [1.165, 1.54) is 18.7 Å². The van der Waals surface area contributed by atoms with E-state index in [1.54, 1.807) is 19.2 Å². The van der Waals surface area contributed by atoms with E-state index in [-0.39, 0.29) is 5.43 Å². The van der Waals surface area contributed by atoms with Crippen LogP contribution >= 0.6 is 0 Å². The molecule has 0 fully saturated rings. The van der Waals surface area contributed by atoms with Crippen LogP contribution in [-0.4, -0.2) is 20.8 Å². The summed E-state index contributed by atoms with van der Waals surface area (Å²) in [5, 5.41) is 0.412. The van der Waals surface area contributed by atoms with Gasteiger partial charge in [0.2, 0.25) is 0 Å². The van der Waals surface area contributed by atoms with Crippen LogP contribution < -0.4 is 20.6 Å². The van der Waals surface area contributed by atoms with E-state index >= 15 is 0 Å². The van der Waals surface area contributed by atoms with Gasteiger partial charge in [0, 0.05) is 23.8 Å². The normalized spacial score (nSPS) is 10.9. The largest absolute Gasteiger partial charge is 0.496 e. The molecular formula is C21H23NO4. The van der Waals surface area contributed by atoms with Crippen molar-refractivity contribution in [1.82, 2.24) is 0 Å². The van der Waals surface area contributed by atoms with Crippen molar-refractivity contribution in [3.05, 3.63) is 58.3 Å². The third kappa shape index (κ3) is 3.73. The molecule has 1 heterocycles. The molecule has 5 nitrogen and oxygen atoms in total. The fraction of sp³-hybridized carbons (Fsp3) is 0.286. The molecule has 5 heteroatoms. The molecule has 2 N–H and O–H groups in total. The number of hydrogen-bond donors (Lipinski definition) is 1. The smallest absolute Gasteiger partial charge is 0.197 e. The van der Waals surface area contributed by atoms with Crippen molar-refractivity contribution in [2.75, 3.05) is 20.8 Å². The molecule has 0 atom stereocenters. The van der Waals surface area contributed by atoms with Gasteiger partial charge >= 0.3 is 0 Å². The van der Waals surface area contributed by atoms with Crippen molar-refractivity contribution in [1.29, 1.82) is 0 Å². The molecule has 0 unspecified atom stereocenters. The molecule has 0 aliphatic rings. The van der Waals surface area contributed by atoms with Gasteiger partial charge in [0.15, 0.2) is 5.43 Å². The van der Waals surface area contributed by atoms with E-state index in [0.29, 0.717) is 34.8 Å². The lowest BCUT2D eigenvalue weighted by atomic mass is 10.0. The molecule has 0 amide bonds. The molecule has 0 saturated heterocycles. The first-order valence-electron chi connectivity index (χ1n) is 8.65. The van der Waals surface area contributed by atoms with Crippen molar-refractivity contribution >= 4 is 11.0 Å². The molecule has 0 saturated carbocycles. The van der Waals surface area contributed by atoms with Crippen LogP contribution in [0, 0.1) is 0 Å². The minimum Gasteiger partial charge on any atom is -0.496 e. The maximum absolute atomic E-state index is 12.6. The number of unbranched alkanes of at least 4 members (excludes halogenated alkanes) is 1. The Hall–Kier alpha value is -2.79. The first-order valence-corrected chi connectivity index (χ1v) is 8.65. The molecule has 0 bridgehead atoms. The van der Waals surface area contributed by atoms with Gasteiger partial charge in [-0.15, -0.1) is 0 Å². The van der Waals surface area contributed by atoms with Crippen molar-refractivity contribution in [2.45, 2.75) is 19.3 Å². The number of nitrogens with two attached hydrogens (primary N) is 1. The molecular weight excluding hydrogens is 330 g/mol. The van der Waals surface area contributed by atoms with Crippen LogP contribution in [0.1, 0.15) is 18.4 Å². The molecule has 136 valence electrons. The van der Waals surface area contributed by atoms with Gasteiger partial charge in [0.25, 0.3) is 0 Å². The monoisotopic (exact) mass is 353 g/mol. The van der Waals surface area contributed by atoms with Crippen LogP contribution in [0.3, 0.4) is 0 Å². The highest BCUT2D eigenvalue weighted by Crippen LogP contribution is 2.31. The maximum Gasteiger partial charge on any atom is 0.197 e. The van der Waals surface area contributed by atoms with Crippen LogP contribution in [0.5, 0.6) is 11.5 Å². The van der Waals surface area contributed by atoms with Gasteiger partial charge in [-0.05, 0) is 31.4 Å². The molecule has 0 aliphatic carbocycles. The Kier molecular flexibility index (Phi) is 5.58. The average Bonchev–Trinajstić information content (AvgIpc) is 2.67. The number of hydrogen-bond acceptors (Lipinski definition) is 5. The highest BCUT2D eigenvalue weighted by Gasteiger charge is 2.13. The fourth-order valence-electron chi connectivity index (χ4n) is 2.96. The Morgan fingerprint density at radius 2 is 1.77 bits per heavy atom. The third-order valence-corrected chi connectivity index (χ3v) is 4.38. The number of aryl methyl sites for hydroxylation is 1. The van der Waals surface area contributed by atoms with E-state index in [9.17, 15) is 4.79 Å². The highest BCUT2D eigenvalue weighted by atomic mass is 16.5. The lowest BCUT2D eigenvalue weighted by Crippen LogP contribution is -2.03. The van der Waals surface area contributed by atoms with Crippen LogP contribution in [0.4, 0.5) is 0 Å². The second kappa shape index (κ2) is 8.06. The lowest BCUT2D eigenvalue weighted by Gasteiger charge is -2.09. The predicted octanol–water partition coefficient (Wildman–Crippen LogP) is 3.76. The summed E-state index contributed by atoms with van der Waals surface area (Å²) < 4.78 is 16.5. The topological polar surface area (TPSA) is 74.7 Å². The second-order valence-corrected chi connectivity index (χ2v) is 6.12. The van der Waals surface area contributed by atoms with Crippen molar-refractivity contribution in [2.24, 2.45) is 5.73 Å². The molecule has 2 aromatic carbocycles. The molecule has 3 rings (SSSR count). The van der Waals surface area contributed by atoms with Gasteiger partial charge in [-0.2, -0.15) is 0 Å². The Morgan fingerprint density at radius 1 is 1.00 bits per heavy atom. The van der Waals surface area contributed by atoms with E-state index in [0.717, 1.165) is 24.8 Å². The van der Waals surface area contributed by atoms with Crippen LogP contribution in [0.2, 0.25) is 0 Å². The maximum atomic E-state index is 12.6. The Morgan fingerprint density at radius 3 is 2.42 bits per heavy atom. The Labute approximate surface area is 152 Å². The van der Waals surface area contributed by atoms with Crippen LogP contribution in [-0.2, 0) is 6.42 Å². The zero-order chi connectivity index (χ0) is 18.5. The molecule has 0 radical (unpaired) electrons. The van der Waals surface area contributed by atoms with E-state index in [2.05, 4.69) is 12.1 Å². The fourth-order valence-corrected chi connectivity index (χ4v) is 2.96. The summed E-state index contributed by atoms with van der Waals surface area (Å²) in [6.07, 6.45) is 3.08.